The molecule has 2 rings (SSSR count). The molecule has 178 valence electrons. The number of carbonyl (C=O) groups excluding carboxylic acids is 1. The number of carbonyl (C=O) groups is 1. The summed E-state index contributed by atoms with van der Waals surface area (Å²) in [6.07, 6.45) is 13.9. The summed E-state index contributed by atoms with van der Waals surface area (Å²) in [5.74, 6) is 0.705. The Morgan fingerprint density at radius 2 is 1.45 bits per heavy atom. The highest BCUT2D eigenvalue weighted by molar-refractivity contribution is 5.94. The van der Waals surface area contributed by atoms with Gasteiger partial charge in [-0.2, -0.15) is 0 Å². The van der Waals surface area contributed by atoms with Crippen molar-refractivity contribution in [2.45, 2.75) is 120 Å². The second-order valence-electron chi connectivity index (χ2n) is 9.41. The normalized spacial score (nSPS) is 14.9. The highest BCUT2D eigenvalue weighted by atomic mass is 16.1. The molecule has 31 heavy (non-hydrogen) atoms. The molecule has 0 aromatic heterocycles. The van der Waals surface area contributed by atoms with Gasteiger partial charge in [0.1, 0.15) is 0 Å². The van der Waals surface area contributed by atoms with E-state index in [0.717, 1.165) is 5.56 Å². The molecule has 0 bridgehead atoms. The lowest BCUT2D eigenvalue weighted by Crippen LogP contribution is -2.45. The highest BCUT2D eigenvalue weighted by Crippen LogP contribution is 2.51. The smallest absolute Gasteiger partial charge is 0.251 e. The fourth-order valence-electron chi connectivity index (χ4n) is 3.70. The molecule has 1 amide bonds. The van der Waals surface area contributed by atoms with Crippen LogP contribution in [0.25, 0.3) is 0 Å². The van der Waals surface area contributed by atoms with Gasteiger partial charge in [-0.15, -0.1) is 0 Å². The van der Waals surface area contributed by atoms with Crippen molar-refractivity contribution in [3.63, 3.8) is 0 Å². The summed E-state index contributed by atoms with van der Waals surface area (Å²) in [6.45, 7) is 19.4. The van der Waals surface area contributed by atoms with E-state index in [4.69, 9.17) is 0 Å². The van der Waals surface area contributed by atoms with E-state index in [1.165, 1.54) is 62.5 Å². The van der Waals surface area contributed by atoms with Crippen LogP contribution in [-0.2, 0) is 0 Å². The molecule has 1 atom stereocenters. The van der Waals surface area contributed by atoms with Gasteiger partial charge in [0, 0.05) is 11.6 Å². The second-order valence-corrected chi connectivity index (χ2v) is 9.41. The lowest BCUT2D eigenvalue weighted by atomic mass is 9.81. The zero-order chi connectivity index (χ0) is 23.9. The fraction of sp³-hybridized carbons (Fsp3) is 0.690. The third kappa shape index (κ3) is 11.0. The predicted octanol–water partition coefficient (Wildman–Crippen LogP) is 8.81. The van der Waals surface area contributed by atoms with Crippen molar-refractivity contribution in [3.8, 4) is 0 Å². The zero-order valence-corrected chi connectivity index (χ0v) is 22.1. The van der Waals surface area contributed by atoms with Gasteiger partial charge < -0.3 is 5.32 Å². The van der Waals surface area contributed by atoms with E-state index in [0.29, 0.717) is 17.4 Å². The molecule has 2 heteroatoms. The maximum absolute atomic E-state index is 12.8. The van der Waals surface area contributed by atoms with Gasteiger partial charge in [-0.05, 0) is 88.0 Å². The molecule has 0 heterocycles. The number of rotatable bonds is 9. The molecule has 1 unspecified atom stereocenters. The number of hydrogen-bond donors (Lipinski definition) is 1. The summed E-state index contributed by atoms with van der Waals surface area (Å²) in [6, 6.07) is 6.34. The summed E-state index contributed by atoms with van der Waals surface area (Å²) in [5.41, 5.74) is 3.53. The van der Waals surface area contributed by atoms with Crippen molar-refractivity contribution in [2.75, 3.05) is 0 Å². The lowest BCUT2D eigenvalue weighted by molar-refractivity contribution is 0.0884. The van der Waals surface area contributed by atoms with Crippen LogP contribution < -0.4 is 5.32 Å². The van der Waals surface area contributed by atoms with E-state index in [1.54, 1.807) is 0 Å². The van der Waals surface area contributed by atoms with Crippen LogP contribution in [0.3, 0.4) is 0 Å². The number of allylic oxidation sites excluding steroid dienone is 2. The molecule has 1 aliphatic rings. The van der Waals surface area contributed by atoms with E-state index in [2.05, 4.69) is 53.8 Å². The molecule has 0 saturated heterocycles. The second kappa shape index (κ2) is 16.1. The van der Waals surface area contributed by atoms with Crippen LogP contribution in [0.5, 0.6) is 0 Å². The van der Waals surface area contributed by atoms with E-state index in [-0.39, 0.29) is 5.91 Å². The minimum Gasteiger partial charge on any atom is -0.348 e. The van der Waals surface area contributed by atoms with Crippen molar-refractivity contribution in [1.29, 1.82) is 0 Å². The third-order valence-corrected chi connectivity index (χ3v) is 6.47. The SMILES string of the molecule is C/C=C\C.CCCC.CCCC(CCC)C(NC(=O)c1ccc(C)c(C)c1)C1(C)CC1. The van der Waals surface area contributed by atoms with Crippen LogP contribution >= 0.6 is 0 Å². The van der Waals surface area contributed by atoms with Gasteiger partial charge in [-0.1, -0.05) is 78.5 Å². The Labute approximate surface area is 194 Å². The quantitative estimate of drug-likeness (QED) is 0.390. The van der Waals surface area contributed by atoms with Crippen LogP contribution in [0.2, 0.25) is 0 Å². The Balaban J connectivity index is 0.000000967. The molecule has 1 fully saturated rings. The van der Waals surface area contributed by atoms with E-state index in [9.17, 15) is 4.79 Å². The van der Waals surface area contributed by atoms with Gasteiger partial charge in [0.15, 0.2) is 0 Å². The number of aryl methyl sites for hydroxylation is 2. The highest BCUT2D eigenvalue weighted by Gasteiger charge is 2.48. The Morgan fingerprint density at radius 1 is 0.935 bits per heavy atom. The molecule has 1 N–H and O–H groups in total. The first kappa shape index (κ1) is 29.4. The maximum Gasteiger partial charge on any atom is 0.251 e. The van der Waals surface area contributed by atoms with Gasteiger partial charge >= 0.3 is 0 Å². The van der Waals surface area contributed by atoms with Crippen LogP contribution in [0.4, 0.5) is 0 Å². The zero-order valence-electron chi connectivity index (χ0n) is 22.1. The van der Waals surface area contributed by atoms with Crippen LogP contribution in [0, 0.1) is 25.2 Å². The first-order chi connectivity index (χ1) is 14.7. The van der Waals surface area contributed by atoms with Crippen LogP contribution in [-0.4, -0.2) is 11.9 Å². The Kier molecular flexibility index (Phi) is 15.3. The molecule has 0 aliphatic heterocycles. The van der Waals surface area contributed by atoms with Crippen molar-refractivity contribution in [2.24, 2.45) is 11.3 Å². The molecular formula is C29H51NO. The molecule has 1 aromatic rings. The summed E-state index contributed by atoms with van der Waals surface area (Å²) < 4.78 is 0. The topological polar surface area (TPSA) is 29.1 Å². The van der Waals surface area contributed by atoms with Crippen LogP contribution in [0.15, 0.2) is 30.4 Å². The predicted molar refractivity (Wildman–Crippen MR) is 139 cm³/mol. The lowest BCUT2D eigenvalue weighted by Gasteiger charge is -2.33. The fourth-order valence-corrected chi connectivity index (χ4v) is 3.70. The van der Waals surface area contributed by atoms with Crippen LogP contribution in [0.1, 0.15) is 121 Å². The summed E-state index contributed by atoms with van der Waals surface area (Å²) in [7, 11) is 0. The van der Waals surface area contributed by atoms with Crippen molar-refractivity contribution < 1.29 is 4.79 Å². The standard InChI is InChI=1S/C21H33NO.C4H10.C4H8/c1-6-8-17(9-7-2)19(21(5)12-13-21)22-20(23)18-11-10-15(3)16(4)14-18;2*1-3-4-2/h10-11,14,17,19H,6-9,12-13H2,1-5H3,(H,22,23);3-4H2,1-2H3;3-4H,1-2H3/b;;4-3-. The summed E-state index contributed by atoms with van der Waals surface area (Å²) >= 11 is 0. The minimum absolute atomic E-state index is 0.100. The first-order valence-corrected chi connectivity index (χ1v) is 12.7. The van der Waals surface area contributed by atoms with Gasteiger partial charge in [-0.25, -0.2) is 0 Å². The van der Waals surface area contributed by atoms with E-state index < -0.39 is 0 Å². The number of benzene rings is 1. The van der Waals surface area contributed by atoms with Gasteiger partial charge in [0.05, 0.1) is 0 Å². The largest absolute Gasteiger partial charge is 0.348 e. The Bertz CT molecular complexity index is 630. The summed E-state index contributed by atoms with van der Waals surface area (Å²) in [4.78, 5) is 12.8. The van der Waals surface area contributed by atoms with E-state index >= 15 is 0 Å². The third-order valence-electron chi connectivity index (χ3n) is 6.47. The number of nitrogens with one attached hydrogen (secondary N) is 1. The molecule has 1 saturated carbocycles. The van der Waals surface area contributed by atoms with Gasteiger partial charge in [0.2, 0.25) is 0 Å². The van der Waals surface area contributed by atoms with Crippen molar-refractivity contribution in [1.82, 2.24) is 5.32 Å². The molecule has 2 nitrogen and oxygen atoms in total. The minimum atomic E-state index is 0.100. The molecule has 0 spiro atoms. The number of amides is 1. The van der Waals surface area contributed by atoms with Crippen molar-refractivity contribution >= 4 is 5.91 Å². The Morgan fingerprint density at radius 3 is 1.81 bits per heavy atom. The summed E-state index contributed by atoms with van der Waals surface area (Å²) in [5, 5.41) is 3.41. The van der Waals surface area contributed by atoms with E-state index in [1.807, 2.05) is 44.2 Å². The number of hydrogen-bond acceptors (Lipinski definition) is 1. The Hall–Kier alpha value is -1.57. The molecule has 1 aromatic carbocycles. The average molecular weight is 430 g/mol. The molecule has 0 radical (unpaired) electrons. The van der Waals surface area contributed by atoms with Gasteiger partial charge in [-0.3, -0.25) is 4.79 Å². The molecule has 1 aliphatic carbocycles. The van der Waals surface area contributed by atoms with Gasteiger partial charge in [0.25, 0.3) is 5.91 Å². The van der Waals surface area contributed by atoms with Crippen molar-refractivity contribution in [3.05, 3.63) is 47.0 Å². The first-order valence-electron chi connectivity index (χ1n) is 12.7. The number of unbranched alkanes of at least 4 members (excludes halogenated alkanes) is 1. The average Bonchev–Trinajstić information content (AvgIpc) is 3.52. The molecular weight excluding hydrogens is 378 g/mol. The maximum atomic E-state index is 12.8. The monoisotopic (exact) mass is 429 g/mol.